The van der Waals surface area contributed by atoms with Crippen molar-refractivity contribution >= 4 is 41.5 Å². The molecule has 0 unspecified atom stereocenters. The standard InChI is InChI=1S/C59H96N4O46/c1-15(72)60-29-18(75)4-58(55(93)94,107-47(29)36(83)24(10-67)104-57(54(91)92)5-20(77)31(63-28(79)14-71)46(106-57)33(80)21(78)7-64)105-25(11-68)37(84)48-30(61-16(2)73)19(76)6-59(108-48,56(95)96)109-49-42(89)53(101-43-26(12-69)97-50(90)40(87)39(43)86)100-27(13-70)44(49)102-51-32(62-17(3)74)45(35(82)23(9-66)98-51)103-52-41(88)38(85)34(81)22(8-65)99-52/h18-27,29-53,64-71,75-78,80-90H,4-14H2,1-3H3,(H,60,72)(H,61,73)(H,62,74)(H,63,79)(H,91,92)(H,93,94)(H,95,96)/t18-,19-,20-,21+,22+,23+,24+,25+,26+,27+,29+,30+,31+,32+,33+,34-,35-,36+,37+,38-,39-,40+,41+,42+,43+,44-,45+,46+,47+,48+,49+,50+,51-,52-,53-,57+,58+,59-/m0/s1. The van der Waals surface area contributed by atoms with Gasteiger partial charge in [0.2, 0.25) is 23.6 Å². The Labute approximate surface area is 613 Å². The SMILES string of the molecule is CC(=O)N[C@H]1[C@H](O[C@@H]2[C@H](O[C@]3(C(=O)O)C[C@H](O)[C@@H](NC(C)=O)[C@H]([C@H](O)[C@@H](CO)O[C@]4(C(=O)O)C[C@H](O)[C@@H](NC(C)=O)[C@H]([C@H](O)[C@@H](CO)O[C@]5(C(=O)O)C[C@H](O)[C@@H](NC(=O)CO)[C@H]([C@H](O)[C@H](O)CO)O5)O4)O3)[C@@H](O)[C@H](O[C@H]3[C@@H](O)[C@@H](O)[C@H](O)O[C@@H]3CO)O[C@@H]2CO)O[C@H](CO)[C@H](O)[C@@H]1O[C@@H]1O[C@H](CO)[C@H](O)[C@H](O)[C@H]1O. The molecule has 0 bridgehead atoms. The number of aliphatic carboxylic acids is 3. The molecule has 7 aliphatic heterocycles. The average Bonchev–Trinajstić information content (AvgIpc) is 0.747. The molecule has 50 nitrogen and oxygen atoms in total. The average molecular weight is 1600 g/mol. The van der Waals surface area contributed by atoms with E-state index >= 15 is 0 Å². The van der Waals surface area contributed by atoms with Crippen molar-refractivity contribution in [3.05, 3.63) is 0 Å². The molecule has 7 aliphatic rings. The predicted molar refractivity (Wildman–Crippen MR) is 331 cm³/mol. The second-order valence-corrected chi connectivity index (χ2v) is 26.8. The van der Waals surface area contributed by atoms with Gasteiger partial charge in [-0.25, -0.2) is 14.4 Å². The third kappa shape index (κ3) is 19.8. The van der Waals surface area contributed by atoms with Crippen LogP contribution in [-0.4, -0.2) is 459 Å². The lowest BCUT2D eigenvalue weighted by atomic mass is 9.86. The summed E-state index contributed by atoms with van der Waals surface area (Å²) in [6.45, 7) is -8.34. The maximum Gasteiger partial charge on any atom is 0.364 e. The summed E-state index contributed by atoms with van der Waals surface area (Å²) in [6.07, 6.45) is -77.6. The van der Waals surface area contributed by atoms with Gasteiger partial charge >= 0.3 is 17.9 Å². The molecule has 7 saturated heterocycles. The third-order valence-corrected chi connectivity index (χ3v) is 19.2. The van der Waals surface area contributed by atoms with Gasteiger partial charge in [-0.1, -0.05) is 0 Å². The highest BCUT2D eigenvalue weighted by Gasteiger charge is 2.65. The van der Waals surface area contributed by atoms with Gasteiger partial charge in [-0.3, -0.25) is 19.2 Å². The number of aliphatic hydroxyl groups is 23. The van der Waals surface area contributed by atoms with Crippen molar-refractivity contribution in [2.75, 3.05) is 52.9 Å². The summed E-state index contributed by atoms with van der Waals surface area (Å²) in [4.78, 5) is 92.5. The lowest BCUT2D eigenvalue weighted by Gasteiger charge is -2.53. The molecular weight excluding hydrogens is 1500 g/mol. The topological polar surface area (TPSA) is 814 Å². The maximum atomic E-state index is 14.2. The second kappa shape index (κ2) is 38.3. The van der Waals surface area contributed by atoms with Gasteiger partial charge in [0.1, 0.15) is 159 Å². The Morgan fingerprint density at radius 2 is 0.780 bits per heavy atom. The highest BCUT2D eigenvalue weighted by Crippen LogP contribution is 2.44. The Bertz CT molecular complexity index is 3030. The number of ether oxygens (including phenoxy) is 13. The Morgan fingerprint density at radius 1 is 0.394 bits per heavy atom. The van der Waals surface area contributed by atoms with E-state index in [4.69, 9.17) is 61.6 Å². The maximum absolute atomic E-state index is 14.2. The molecule has 109 heavy (non-hydrogen) atoms. The molecule has 0 aromatic heterocycles. The largest absolute Gasteiger partial charge is 0.477 e. The fraction of sp³-hybridized carbons (Fsp3) is 0.881. The molecule has 0 radical (unpaired) electrons. The molecular formula is C59H96N4O46. The van der Waals surface area contributed by atoms with E-state index in [1.807, 2.05) is 5.32 Å². The highest BCUT2D eigenvalue weighted by molar-refractivity contribution is 5.79. The van der Waals surface area contributed by atoms with Crippen LogP contribution >= 0.6 is 0 Å². The summed E-state index contributed by atoms with van der Waals surface area (Å²) < 4.78 is 75.2. The van der Waals surface area contributed by atoms with Gasteiger partial charge < -0.3 is 216 Å². The lowest BCUT2D eigenvalue weighted by molar-refractivity contribution is -0.403. The van der Waals surface area contributed by atoms with Crippen LogP contribution < -0.4 is 21.3 Å². The highest BCUT2D eigenvalue weighted by atomic mass is 16.8. The zero-order valence-electron chi connectivity index (χ0n) is 57.8. The third-order valence-electron chi connectivity index (χ3n) is 19.2. The van der Waals surface area contributed by atoms with E-state index < -0.39 is 345 Å². The minimum absolute atomic E-state index is 0.786. The van der Waals surface area contributed by atoms with Crippen molar-refractivity contribution in [1.29, 1.82) is 0 Å². The number of carbonyl (C=O) groups excluding carboxylic acids is 4. The normalized spacial score (nSPS) is 43.1. The molecule has 7 heterocycles. The molecule has 50 heteroatoms. The van der Waals surface area contributed by atoms with Crippen molar-refractivity contribution in [1.82, 2.24) is 21.3 Å². The van der Waals surface area contributed by atoms with E-state index in [0.29, 0.717) is 0 Å². The summed E-state index contributed by atoms with van der Waals surface area (Å²) in [6, 6.07) is -8.40. The Balaban J connectivity index is 1.30. The number of carboxylic acid groups (broad SMARTS) is 3. The molecule has 0 aromatic carbocycles. The van der Waals surface area contributed by atoms with Gasteiger partial charge in [0.15, 0.2) is 25.2 Å². The predicted octanol–water partition coefficient (Wildman–Crippen LogP) is -19.1. The van der Waals surface area contributed by atoms with Crippen LogP contribution in [-0.2, 0) is 95.1 Å². The Hall–Kier alpha value is -5.15. The number of hydrogen-bond acceptors (Lipinski definition) is 43. The number of amides is 4. The molecule has 0 spiro atoms. The summed E-state index contributed by atoms with van der Waals surface area (Å²) in [5.74, 6) is -22.7. The van der Waals surface area contributed by atoms with Crippen LogP contribution in [0.1, 0.15) is 40.0 Å². The Kier molecular flexibility index (Phi) is 32.0. The van der Waals surface area contributed by atoms with Crippen molar-refractivity contribution < 1.29 is 228 Å². The molecule has 0 saturated carbocycles. The molecule has 0 aliphatic carbocycles. The van der Waals surface area contributed by atoms with Gasteiger partial charge in [-0.15, -0.1) is 0 Å². The number of carbonyl (C=O) groups is 7. The summed E-state index contributed by atoms with van der Waals surface area (Å²) in [5.41, 5.74) is 0. The van der Waals surface area contributed by atoms with Gasteiger partial charge in [-0.2, -0.15) is 0 Å². The molecule has 30 N–H and O–H groups in total. The smallest absolute Gasteiger partial charge is 0.364 e. The first kappa shape index (κ1) is 91.0. The van der Waals surface area contributed by atoms with Crippen LogP contribution in [0.2, 0.25) is 0 Å². The summed E-state index contributed by atoms with van der Waals surface area (Å²) >= 11 is 0. The van der Waals surface area contributed by atoms with E-state index in [0.717, 1.165) is 20.8 Å². The van der Waals surface area contributed by atoms with Crippen LogP contribution in [0.25, 0.3) is 0 Å². The van der Waals surface area contributed by atoms with E-state index in [2.05, 4.69) is 16.0 Å². The van der Waals surface area contributed by atoms with Crippen LogP contribution in [0.3, 0.4) is 0 Å². The number of hydrogen-bond donors (Lipinski definition) is 30. The van der Waals surface area contributed by atoms with Crippen LogP contribution in [0.4, 0.5) is 0 Å². The first-order chi connectivity index (χ1) is 51.1. The zero-order valence-corrected chi connectivity index (χ0v) is 57.8. The van der Waals surface area contributed by atoms with Crippen molar-refractivity contribution in [2.24, 2.45) is 0 Å². The molecule has 0 aromatic rings. The van der Waals surface area contributed by atoms with E-state index in [1.165, 1.54) is 0 Å². The first-order valence-corrected chi connectivity index (χ1v) is 33.7. The van der Waals surface area contributed by atoms with Crippen LogP contribution in [0.15, 0.2) is 0 Å². The quantitative estimate of drug-likeness (QED) is 0.0290. The number of aliphatic hydroxyl groups excluding tert-OH is 23. The number of rotatable bonds is 33. The Morgan fingerprint density at radius 3 is 1.22 bits per heavy atom. The van der Waals surface area contributed by atoms with Gasteiger partial charge in [0.25, 0.3) is 17.4 Å². The van der Waals surface area contributed by atoms with E-state index in [9.17, 15) is 166 Å². The molecule has 628 valence electrons. The van der Waals surface area contributed by atoms with Crippen molar-refractivity contribution in [2.45, 2.75) is 272 Å². The number of nitrogens with one attached hydrogen (secondary N) is 4. The minimum atomic E-state index is -3.78. The summed E-state index contributed by atoms with van der Waals surface area (Å²) in [5, 5.41) is 294. The van der Waals surface area contributed by atoms with Gasteiger partial charge in [0.05, 0.1) is 82.7 Å². The van der Waals surface area contributed by atoms with Gasteiger partial charge in [0, 0.05) is 40.0 Å². The van der Waals surface area contributed by atoms with E-state index in [-0.39, 0.29) is 0 Å². The van der Waals surface area contributed by atoms with Crippen LogP contribution in [0.5, 0.6) is 0 Å². The fourth-order valence-electron chi connectivity index (χ4n) is 13.7. The molecule has 7 fully saturated rings. The lowest BCUT2D eigenvalue weighted by Crippen LogP contribution is -2.73. The van der Waals surface area contributed by atoms with Crippen molar-refractivity contribution in [3.8, 4) is 0 Å². The molecule has 38 atom stereocenters. The van der Waals surface area contributed by atoms with Crippen LogP contribution in [0, 0.1) is 0 Å². The van der Waals surface area contributed by atoms with E-state index in [1.54, 1.807) is 0 Å². The fourth-order valence-corrected chi connectivity index (χ4v) is 13.7. The first-order valence-electron chi connectivity index (χ1n) is 33.7. The molecule has 4 amide bonds. The summed E-state index contributed by atoms with van der Waals surface area (Å²) in [7, 11) is 0. The molecule has 7 rings (SSSR count). The zero-order chi connectivity index (χ0) is 81.5. The number of carboxylic acids is 3. The monoisotopic (exact) mass is 1600 g/mol. The minimum Gasteiger partial charge on any atom is -0.477 e. The second-order valence-electron chi connectivity index (χ2n) is 26.8. The van der Waals surface area contributed by atoms with Crippen molar-refractivity contribution in [3.63, 3.8) is 0 Å². The van der Waals surface area contributed by atoms with Gasteiger partial charge in [-0.05, 0) is 0 Å².